The van der Waals surface area contributed by atoms with E-state index in [1.807, 2.05) is 0 Å². The zero-order chi connectivity index (χ0) is 44.7. The molecule has 0 bridgehead atoms. The topological polar surface area (TPSA) is 231 Å². The number of allylic oxidation sites excluding steroid dienone is 6. The normalized spacial score (nSPS) is 27.6. The number of rotatable bonds is 34. The third kappa shape index (κ3) is 23.3. The Bertz CT molecular complexity index is 1210. The molecule has 2 saturated heterocycles. The predicted octanol–water partition coefficient (Wildman–Crippen LogP) is 4.98. The molecule has 0 aromatic rings. The minimum atomic E-state index is -1.77. The fourth-order valence-corrected chi connectivity index (χ4v) is 6.92. The summed E-state index contributed by atoms with van der Waals surface area (Å²) < 4.78 is 33.4. The number of hydrogen-bond acceptors (Lipinski definition) is 15. The van der Waals surface area contributed by atoms with Gasteiger partial charge in [0.1, 0.15) is 55.4 Å². The molecule has 0 radical (unpaired) electrons. The summed E-state index contributed by atoms with van der Waals surface area (Å²) in [5.41, 5.74) is 0. The minimum absolute atomic E-state index is 0.147. The largest absolute Gasteiger partial charge is 0.462 e. The molecule has 61 heavy (non-hydrogen) atoms. The SMILES string of the molecule is CCCC/C=C\C/C=C\CCCCCCCC(=O)OC(COC(=O)CCCCCCC/C=C\CCCC)COC1OC(COC2OC(CO)C(O)C(O)C2O)C(O)C(O)C1O. The van der Waals surface area contributed by atoms with Crippen molar-refractivity contribution in [3.05, 3.63) is 36.5 Å². The highest BCUT2D eigenvalue weighted by Gasteiger charge is 2.47. The molecule has 0 aliphatic carbocycles. The highest BCUT2D eigenvalue weighted by molar-refractivity contribution is 5.70. The standard InChI is InChI=1S/C46H80O15/c1-3-5-7-9-11-13-15-16-17-19-21-23-25-27-29-38(49)59-34(31-56-37(48)28-26-24-22-20-18-14-12-10-8-6-4-2)32-57-45-44(55)42(53)40(51)36(61-45)33-58-46-43(54)41(52)39(50)35(30-47)60-46/h9-12,15-16,34-36,39-47,50-55H,3-8,13-14,17-33H2,1-2H3/b11-9-,12-10-,16-15-. The highest BCUT2D eigenvalue weighted by Crippen LogP contribution is 2.26. The van der Waals surface area contributed by atoms with Gasteiger partial charge in [-0.25, -0.2) is 0 Å². The van der Waals surface area contributed by atoms with E-state index in [1.54, 1.807) is 0 Å². The first-order chi connectivity index (χ1) is 29.5. The quantitative estimate of drug-likeness (QED) is 0.0257. The zero-order valence-electron chi connectivity index (χ0n) is 36.9. The van der Waals surface area contributed by atoms with E-state index in [0.717, 1.165) is 83.5 Å². The van der Waals surface area contributed by atoms with Gasteiger partial charge in [0.2, 0.25) is 0 Å². The predicted molar refractivity (Wildman–Crippen MR) is 229 cm³/mol. The van der Waals surface area contributed by atoms with E-state index in [0.29, 0.717) is 12.8 Å². The summed E-state index contributed by atoms with van der Waals surface area (Å²) in [6.07, 6.45) is 16.2. The summed E-state index contributed by atoms with van der Waals surface area (Å²) in [6, 6.07) is 0. The van der Waals surface area contributed by atoms with Crippen molar-refractivity contribution in [3.63, 3.8) is 0 Å². The molecule has 15 heteroatoms. The molecular formula is C46H80O15. The Kier molecular flexibility index (Phi) is 30.7. The van der Waals surface area contributed by atoms with Crippen molar-refractivity contribution in [2.75, 3.05) is 26.4 Å². The van der Waals surface area contributed by atoms with Gasteiger partial charge in [-0.2, -0.15) is 0 Å². The van der Waals surface area contributed by atoms with Crippen molar-refractivity contribution in [1.29, 1.82) is 0 Å². The third-order valence-electron chi connectivity index (χ3n) is 10.8. The second kappa shape index (κ2) is 34.2. The molecule has 0 spiro atoms. The van der Waals surface area contributed by atoms with Crippen LogP contribution in [0.2, 0.25) is 0 Å². The van der Waals surface area contributed by atoms with Crippen LogP contribution in [0.4, 0.5) is 0 Å². The Balaban J connectivity index is 1.87. The van der Waals surface area contributed by atoms with Crippen LogP contribution in [0.1, 0.15) is 149 Å². The number of aliphatic hydroxyl groups excluding tert-OH is 7. The van der Waals surface area contributed by atoms with Crippen LogP contribution in [0.25, 0.3) is 0 Å². The molecule has 11 unspecified atom stereocenters. The van der Waals surface area contributed by atoms with Crippen LogP contribution >= 0.6 is 0 Å². The molecule has 2 aliphatic rings. The fraction of sp³-hybridized carbons (Fsp3) is 0.826. The van der Waals surface area contributed by atoms with Crippen molar-refractivity contribution in [3.8, 4) is 0 Å². The monoisotopic (exact) mass is 873 g/mol. The molecule has 354 valence electrons. The first kappa shape index (κ1) is 54.9. The Morgan fingerprint density at radius 2 is 0.984 bits per heavy atom. The molecule has 0 saturated carbocycles. The highest BCUT2D eigenvalue weighted by atomic mass is 16.7. The van der Waals surface area contributed by atoms with Crippen molar-refractivity contribution >= 4 is 11.9 Å². The summed E-state index contributed by atoms with van der Waals surface area (Å²) in [5.74, 6) is -0.956. The van der Waals surface area contributed by atoms with Crippen LogP contribution in [0.15, 0.2) is 36.5 Å². The van der Waals surface area contributed by atoms with Crippen LogP contribution in [0.3, 0.4) is 0 Å². The third-order valence-corrected chi connectivity index (χ3v) is 10.8. The molecule has 2 rings (SSSR count). The summed E-state index contributed by atoms with van der Waals surface area (Å²) in [6.45, 7) is 2.46. The maximum absolute atomic E-state index is 12.9. The van der Waals surface area contributed by atoms with Gasteiger partial charge in [-0.15, -0.1) is 0 Å². The van der Waals surface area contributed by atoms with Crippen LogP contribution in [-0.4, -0.2) is 142 Å². The van der Waals surface area contributed by atoms with Gasteiger partial charge in [0.25, 0.3) is 0 Å². The number of carbonyl (C=O) groups is 2. The summed E-state index contributed by atoms with van der Waals surface area (Å²) in [4.78, 5) is 25.6. The van der Waals surface area contributed by atoms with E-state index in [-0.39, 0.29) is 19.4 Å². The lowest BCUT2D eigenvalue weighted by Crippen LogP contribution is -2.61. The van der Waals surface area contributed by atoms with E-state index in [2.05, 4.69) is 50.3 Å². The van der Waals surface area contributed by atoms with Crippen molar-refractivity contribution < 1.29 is 73.8 Å². The first-order valence-corrected chi connectivity index (χ1v) is 23.1. The van der Waals surface area contributed by atoms with E-state index < -0.39 is 99.3 Å². The van der Waals surface area contributed by atoms with Crippen molar-refractivity contribution in [2.24, 2.45) is 0 Å². The van der Waals surface area contributed by atoms with Gasteiger partial charge in [-0.3, -0.25) is 9.59 Å². The smallest absolute Gasteiger partial charge is 0.306 e. The average molecular weight is 873 g/mol. The van der Waals surface area contributed by atoms with Crippen molar-refractivity contribution in [2.45, 2.75) is 216 Å². The van der Waals surface area contributed by atoms with Gasteiger partial charge in [-0.05, 0) is 57.8 Å². The Hall–Kier alpha value is -2.28. The zero-order valence-corrected chi connectivity index (χ0v) is 36.9. The van der Waals surface area contributed by atoms with Gasteiger partial charge in [0.15, 0.2) is 18.7 Å². The van der Waals surface area contributed by atoms with Gasteiger partial charge in [0.05, 0.1) is 19.8 Å². The molecule has 2 aliphatic heterocycles. The molecular weight excluding hydrogens is 792 g/mol. The molecule has 0 aromatic heterocycles. The maximum Gasteiger partial charge on any atom is 0.306 e. The summed E-state index contributed by atoms with van der Waals surface area (Å²) in [7, 11) is 0. The van der Waals surface area contributed by atoms with Gasteiger partial charge >= 0.3 is 11.9 Å². The fourth-order valence-electron chi connectivity index (χ4n) is 6.92. The number of hydrogen-bond donors (Lipinski definition) is 7. The van der Waals surface area contributed by atoms with E-state index >= 15 is 0 Å². The molecule has 0 amide bonds. The second-order valence-corrected chi connectivity index (χ2v) is 16.2. The molecule has 2 fully saturated rings. The van der Waals surface area contributed by atoms with Gasteiger partial charge in [-0.1, -0.05) is 115 Å². The van der Waals surface area contributed by atoms with Crippen LogP contribution in [-0.2, 0) is 38.0 Å². The first-order valence-electron chi connectivity index (χ1n) is 23.1. The Labute approximate surface area is 364 Å². The van der Waals surface area contributed by atoms with Crippen LogP contribution in [0, 0.1) is 0 Å². The van der Waals surface area contributed by atoms with Crippen LogP contribution < -0.4 is 0 Å². The maximum atomic E-state index is 12.9. The number of carbonyl (C=O) groups excluding carboxylic acids is 2. The lowest BCUT2D eigenvalue weighted by molar-refractivity contribution is -0.332. The van der Waals surface area contributed by atoms with Gasteiger partial charge in [0, 0.05) is 12.8 Å². The number of ether oxygens (including phenoxy) is 6. The minimum Gasteiger partial charge on any atom is -0.462 e. The molecule has 7 N–H and O–H groups in total. The average Bonchev–Trinajstić information content (AvgIpc) is 3.25. The van der Waals surface area contributed by atoms with Gasteiger partial charge < -0.3 is 64.2 Å². The molecule has 0 aromatic carbocycles. The molecule has 15 nitrogen and oxygen atoms in total. The summed E-state index contributed by atoms with van der Waals surface area (Å²) in [5, 5.41) is 71.8. The van der Waals surface area contributed by atoms with E-state index in [9.17, 15) is 45.3 Å². The van der Waals surface area contributed by atoms with Crippen LogP contribution in [0.5, 0.6) is 0 Å². The molecule has 2 heterocycles. The lowest BCUT2D eigenvalue weighted by Gasteiger charge is -2.42. The number of unbranched alkanes of at least 4 members (excludes halogenated alkanes) is 14. The Morgan fingerprint density at radius 3 is 1.54 bits per heavy atom. The lowest BCUT2D eigenvalue weighted by atomic mass is 9.98. The Morgan fingerprint density at radius 1 is 0.525 bits per heavy atom. The number of esters is 2. The number of aliphatic hydroxyl groups is 7. The van der Waals surface area contributed by atoms with Crippen molar-refractivity contribution in [1.82, 2.24) is 0 Å². The summed E-state index contributed by atoms with van der Waals surface area (Å²) >= 11 is 0. The van der Waals surface area contributed by atoms with E-state index in [4.69, 9.17) is 28.4 Å². The second-order valence-electron chi connectivity index (χ2n) is 16.2. The molecule has 11 atom stereocenters. The van der Waals surface area contributed by atoms with E-state index in [1.165, 1.54) is 25.7 Å².